The van der Waals surface area contributed by atoms with Gasteiger partial charge in [-0.1, -0.05) is 12.2 Å². The van der Waals surface area contributed by atoms with Crippen LogP contribution in [0.4, 0.5) is 25.4 Å². The summed E-state index contributed by atoms with van der Waals surface area (Å²) < 4.78 is 19.5. The third-order valence-corrected chi connectivity index (χ3v) is 4.27. The summed E-state index contributed by atoms with van der Waals surface area (Å²) in [6, 6.07) is 4.55. The van der Waals surface area contributed by atoms with Crippen LogP contribution in [0.5, 0.6) is 0 Å². The Bertz CT molecular complexity index is 736. The zero-order valence-electron chi connectivity index (χ0n) is 15.9. The van der Waals surface area contributed by atoms with Gasteiger partial charge < -0.3 is 25.4 Å². The molecule has 154 valence electrons. The molecule has 2 heterocycles. The van der Waals surface area contributed by atoms with Gasteiger partial charge in [-0.3, -0.25) is 4.90 Å². The van der Waals surface area contributed by atoms with Crippen LogP contribution in [0.1, 0.15) is 13.8 Å². The quantitative estimate of drug-likeness (QED) is 0.735. The van der Waals surface area contributed by atoms with E-state index in [1.54, 1.807) is 17.0 Å². The topological polar surface area (TPSA) is 99.3 Å². The van der Waals surface area contributed by atoms with Gasteiger partial charge in [-0.05, 0) is 36.9 Å². The van der Waals surface area contributed by atoms with Crippen molar-refractivity contribution in [1.82, 2.24) is 4.90 Å². The van der Waals surface area contributed by atoms with Crippen molar-refractivity contribution >= 4 is 40.6 Å². The first-order valence-corrected chi connectivity index (χ1v) is 9.31. The van der Waals surface area contributed by atoms with E-state index in [2.05, 4.69) is 12.2 Å². The van der Waals surface area contributed by atoms with Gasteiger partial charge in [-0.25, -0.2) is 14.0 Å². The van der Waals surface area contributed by atoms with E-state index >= 15 is 0 Å². The molecule has 0 bridgehead atoms. The maximum Gasteiger partial charge on any atom is 0.414 e. The lowest BCUT2D eigenvalue weighted by atomic mass is 10.2. The molecular formula is C18H25FN4O4S. The minimum atomic E-state index is -0.965. The molecule has 10 heteroatoms. The number of carbonyl (C=O) groups is 2. The number of cyclic esters (lactones) is 1. The Morgan fingerprint density at radius 3 is 2.39 bits per heavy atom. The third-order valence-electron chi connectivity index (χ3n) is 4.27. The zero-order chi connectivity index (χ0) is 20.8. The van der Waals surface area contributed by atoms with E-state index in [9.17, 15) is 14.0 Å². The average molecular weight is 412 g/mol. The van der Waals surface area contributed by atoms with Crippen LogP contribution in [0.25, 0.3) is 0 Å². The number of nitrogens with zero attached hydrogens (tertiary/aromatic N) is 3. The van der Waals surface area contributed by atoms with Crippen LogP contribution in [-0.4, -0.2) is 72.4 Å². The molecule has 0 spiro atoms. The highest BCUT2D eigenvalue weighted by Crippen LogP contribution is 2.28. The van der Waals surface area contributed by atoms with Crippen LogP contribution < -0.4 is 15.5 Å². The number of anilines is 2. The first kappa shape index (κ1) is 21.8. The van der Waals surface area contributed by atoms with Crippen molar-refractivity contribution in [1.29, 1.82) is 0 Å². The molecule has 0 saturated carbocycles. The van der Waals surface area contributed by atoms with E-state index in [0.717, 1.165) is 4.86 Å². The van der Waals surface area contributed by atoms with E-state index in [1.807, 2.05) is 13.8 Å². The van der Waals surface area contributed by atoms with Crippen molar-refractivity contribution in [2.75, 3.05) is 49.1 Å². The highest BCUT2D eigenvalue weighted by molar-refractivity contribution is 7.80. The molecule has 2 aliphatic rings. The number of thiocarbonyl (C=S) groups is 1. The molecule has 2 amide bonds. The van der Waals surface area contributed by atoms with Gasteiger partial charge in [0.25, 0.3) is 0 Å². The minimum absolute atomic E-state index is 0.219. The fraction of sp³-hybridized carbons (Fsp3) is 0.500. The first-order chi connectivity index (χ1) is 13.2. The monoisotopic (exact) mass is 412 g/mol. The minimum Gasteiger partial charge on any atom is -0.465 e. The van der Waals surface area contributed by atoms with Crippen LogP contribution in [0.15, 0.2) is 18.2 Å². The number of halogens is 1. The first-order valence-electron chi connectivity index (χ1n) is 8.90. The number of ether oxygens (including phenoxy) is 1. The second-order valence-corrected chi connectivity index (χ2v) is 7.47. The Labute approximate surface area is 168 Å². The molecule has 0 unspecified atom stereocenters. The molecule has 1 aromatic rings. The number of carboxylic acid groups (broad SMARTS) is 1. The van der Waals surface area contributed by atoms with Crippen LogP contribution in [-0.2, 0) is 4.74 Å². The number of piperazine rings is 1. The molecule has 0 aromatic heterocycles. The number of nitrogens with two attached hydrogens (primary N) is 1. The third kappa shape index (κ3) is 5.52. The maximum absolute atomic E-state index is 14.5. The molecule has 0 aliphatic carbocycles. The van der Waals surface area contributed by atoms with Crippen molar-refractivity contribution in [3.05, 3.63) is 24.0 Å². The van der Waals surface area contributed by atoms with Crippen molar-refractivity contribution in [3.8, 4) is 0 Å². The van der Waals surface area contributed by atoms with E-state index in [0.29, 0.717) is 44.1 Å². The van der Waals surface area contributed by atoms with Gasteiger partial charge in [0, 0.05) is 32.7 Å². The summed E-state index contributed by atoms with van der Waals surface area (Å²) in [4.78, 5) is 28.2. The maximum atomic E-state index is 14.5. The lowest BCUT2D eigenvalue weighted by Crippen LogP contribution is -2.48. The predicted molar refractivity (Wildman–Crippen MR) is 109 cm³/mol. The normalized spacial score (nSPS) is 19.1. The highest BCUT2D eigenvalue weighted by Gasteiger charge is 2.32. The van der Waals surface area contributed by atoms with Gasteiger partial charge in [0.15, 0.2) is 0 Å². The molecule has 8 nitrogen and oxygen atoms in total. The Hall–Kier alpha value is -2.46. The Morgan fingerprint density at radius 1 is 1.32 bits per heavy atom. The van der Waals surface area contributed by atoms with E-state index in [-0.39, 0.29) is 12.6 Å². The molecule has 0 radical (unpaired) electrons. The Balaban J connectivity index is 0.000000640. The fourth-order valence-electron chi connectivity index (χ4n) is 2.91. The number of hydrogen-bond donors (Lipinski definition) is 2. The molecular weight excluding hydrogens is 387 g/mol. The zero-order valence-corrected chi connectivity index (χ0v) is 16.7. The summed E-state index contributed by atoms with van der Waals surface area (Å²) in [5.74, 6) is -0.458. The Kier molecular flexibility index (Phi) is 7.53. The Morgan fingerprint density at radius 2 is 1.93 bits per heavy atom. The molecule has 2 fully saturated rings. The second kappa shape index (κ2) is 9.65. The predicted octanol–water partition coefficient (Wildman–Crippen LogP) is 2.31. The molecule has 3 N–H and O–H groups in total. The molecule has 1 aromatic carbocycles. The van der Waals surface area contributed by atoms with Crippen molar-refractivity contribution in [2.24, 2.45) is 5.73 Å². The summed E-state index contributed by atoms with van der Waals surface area (Å²) >= 11 is 4.54. The number of amides is 2. The van der Waals surface area contributed by atoms with Gasteiger partial charge in [-0.2, -0.15) is 0 Å². The molecule has 3 rings (SSSR count). The second-order valence-electron chi connectivity index (χ2n) is 6.65. The van der Waals surface area contributed by atoms with Gasteiger partial charge in [0.05, 0.1) is 17.9 Å². The number of benzene rings is 1. The largest absolute Gasteiger partial charge is 0.465 e. The molecule has 28 heavy (non-hydrogen) atoms. The van der Waals surface area contributed by atoms with Crippen LogP contribution in [0, 0.1) is 5.82 Å². The highest BCUT2D eigenvalue weighted by atomic mass is 32.1. The number of hydrogen-bond acceptors (Lipinski definition) is 6. The van der Waals surface area contributed by atoms with Crippen LogP contribution >= 0.6 is 12.2 Å². The van der Waals surface area contributed by atoms with Crippen molar-refractivity contribution in [2.45, 2.75) is 20.0 Å². The van der Waals surface area contributed by atoms with Crippen LogP contribution in [0.3, 0.4) is 0 Å². The summed E-state index contributed by atoms with van der Waals surface area (Å²) in [5.41, 5.74) is 6.30. The van der Waals surface area contributed by atoms with E-state index in [1.165, 1.54) is 15.9 Å². The summed E-state index contributed by atoms with van der Waals surface area (Å²) in [6.45, 7) is 5.81. The smallest absolute Gasteiger partial charge is 0.414 e. The van der Waals surface area contributed by atoms with Gasteiger partial charge in [0.1, 0.15) is 11.9 Å². The SMILES string of the molecule is CC(C)=S.NC[C@H]1CN(c2ccc(N3CCN(C(=O)O)CC3)c(F)c2)C(=O)O1. The standard InChI is InChI=1S/C15H19FN4O4.C3H6S/c16-12-7-10(20-9-11(8-17)24-15(20)23)1-2-13(12)18-3-5-19(6-4-18)14(21)22;1-3(2)4/h1-2,7,11H,3-6,8-9,17H2,(H,21,22);1-2H3/t11-;/m0./s1. The van der Waals surface area contributed by atoms with Crippen LogP contribution in [0.2, 0.25) is 0 Å². The fourth-order valence-corrected chi connectivity index (χ4v) is 2.91. The van der Waals surface area contributed by atoms with Crippen molar-refractivity contribution < 1.29 is 23.8 Å². The summed E-state index contributed by atoms with van der Waals surface area (Å²) in [7, 11) is 0. The summed E-state index contributed by atoms with van der Waals surface area (Å²) in [5, 5.41) is 8.95. The molecule has 2 aliphatic heterocycles. The average Bonchev–Trinajstić information content (AvgIpc) is 3.02. The lowest BCUT2D eigenvalue weighted by Gasteiger charge is -2.34. The van der Waals surface area contributed by atoms with Crippen molar-refractivity contribution in [3.63, 3.8) is 0 Å². The van der Waals surface area contributed by atoms with Gasteiger partial charge >= 0.3 is 12.2 Å². The molecule has 1 atom stereocenters. The van der Waals surface area contributed by atoms with E-state index < -0.39 is 18.0 Å². The van der Waals surface area contributed by atoms with Gasteiger partial charge in [0.2, 0.25) is 0 Å². The summed E-state index contributed by atoms with van der Waals surface area (Å²) in [6.07, 6.45) is -1.88. The molecule has 2 saturated heterocycles. The number of carbonyl (C=O) groups excluding carboxylic acids is 1. The van der Waals surface area contributed by atoms with E-state index in [4.69, 9.17) is 15.6 Å². The number of rotatable bonds is 3. The lowest BCUT2D eigenvalue weighted by molar-refractivity contribution is 0.142. The van der Waals surface area contributed by atoms with Gasteiger partial charge in [-0.15, -0.1) is 0 Å².